The lowest BCUT2D eigenvalue weighted by Crippen LogP contribution is -2.55. The Morgan fingerprint density at radius 2 is 2.33 bits per heavy atom. The predicted molar refractivity (Wildman–Crippen MR) is 79.1 cm³/mol. The Bertz CT molecular complexity index is 515. The third-order valence-corrected chi connectivity index (χ3v) is 3.33. The lowest BCUT2D eigenvalue weighted by Gasteiger charge is -2.35. The summed E-state index contributed by atoms with van der Waals surface area (Å²) >= 11 is 0. The molecule has 7 nitrogen and oxygen atoms in total. The number of carbonyl (C=O) groups excluding carboxylic acids is 1. The van der Waals surface area contributed by atoms with E-state index in [1.807, 2.05) is 18.1 Å². The number of halogens is 1. The molecular formula is C13H21FN6O. The van der Waals surface area contributed by atoms with Gasteiger partial charge in [0.2, 0.25) is 5.91 Å². The molecule has 0 spiro atoms. The molecule has 0 unspecified atom stereocenters. The fraction of sp³-hybridized carbons (Fsp3) is 0.615. The number of anilines is 1. The highest BCUT2D eigenvalue weighted by Crippen LogP contribution is 2.15. The van der Waals surface area contributed by atoms with Gasteiger partial charge in [0.1, 0.15) is 6.54 Å². The number of aryl methyl sites for hydroxylation is 1. The van der Waals surface area contributed by atoms with Crippen molar-refractivity contribution in [1.29, 1.82) is 0 Å². The summed E-state index contributed by atoms with van der Waals surface area (Å²) in [6, 6.07) is 0. The molecule has 0 bridgehead atoms. The summed E-state index contributed by atoms with van der Waals surface area (Å²) in [6.07, 6.45) is 3.94. The van der Waals surface area contributed by atoms with Crippen molar-refractivity contribution >= 4 is 17.6 Å². The molecule has 0 atom stereocenters. The summed E-state index contributed by atoms with van der Waals surface area (Å²) in [7, 11) is 3.48. The average Bonchev–Trinajstić information content (AvgIpc) is 2.90. The van der Waals surface area contributed by atoms with Crippen LogP contribution in [-0.4, -0.2) is 66.4 Å². The van der Waals surface area contributed by atoms with Crippen LogP contribution in [0.25, 0.3) is 0 Å². The minimum absolute atomic E-state index is 0.00249. The molecule has 2 rings (SSSR count). The number of hydrogen-bond acceptors (Lipinski definition) is 3. The fourth-order valence-electron chi connectivity index (χ4n) is 2.27. The quantitative estimate of drug-likeness (QED) is 0.483. The first-order valence-corrected chi connectivity index (χ1v) is 6.96. The van der Waals surface area contributed by atoms with Crippen molar-refractivity contribution in [3.05, 3.63) is 12.4 Å². The number of nitrogens with zero attached hydrogens (tertiary/aromatic N) is 5. The Morgan fingerprint density at radius 1 is 1.52 bits per heavy atom. The van der Waals surface area contributed by atoms with Crippen LogP contribution in [0.1, 0.15) is 6.42 Å². The Balaban J connectivity index is 1.95. The summed E-state index contributed by atoms with van der Waals surface area (Å²) < 4.78 is 13.8. The van der Waals surface area contributed by atoms with Crippen molar-refractivity contribution in [2.45, 2.75) is 6.42 Å². The second-order valence-electron chi connectivity index (χ2n) is 4.86. The van der Waals surface area contributed by atoms with Gasteiger partial charge in [-0.25, -0.2) is 0 Å². The number of hydrogen-bond donors (Lipinski definition) is 1. The summed E-state index contributed by atoms with van der Waals surface area (Å²) in [5, 5.41) is 7.15. The molecule has 116 valence electrons. The van der Waals surface area contributed by atoms with E-state index in [2.05, 4.69) is 15.4 Å². The zero-order valence-corrected chi connectivity index (χ0v) is 12.4. The SMILES string of the molecule is CN=C(NCCCF)N1CCN(c2cnn(C)c2)C(=O)C1. The maximum absolute atomic E-state index is 12.3. The molecule has 1 aliphatic heterocycles. The molecule has 0 saturated carbocycles. The largest absolute Gasteiger partial charge is 0.356 e. The lowest BCUT2D eigenvalue weighted by molar-refractivity contribution is -0.120. The number of aromatic nitrogens is 2. The van der Waals surface area contributed by atoms with E-state index >= 15 is 0 Å². The number of aliphatic imine (C=N–C) groups is 1. The summed E-state index contributed by atoms with van der Waals surface area (Å²) in [5.74, 6) is 0.644. The van der Waals surface area contributed by atoms with Crippen molar-refractivity contribution in [2.75, 3.05) is 44.8 Å². The van der Waals surface area contributed by atoms with Crippen molar-refractivity contribution in [3.63, 3.8) is 0 Å². The highest BCUT2D eigenvalue weighted by molar-refractivity contribution is 5.98. The molecule has 1 aromatic rings. The number of alkyl halides is 1. The number of carbonyl (C=O) groups is 1. The highest BCUT2D eigenvalue weighted by Gasteiger charge is 2.27. The molecule has 1 fully saturated rings. The third-order valence-electron chi connectivity index (χ3n) is 3.33. The molecule has 1 saturated heterocycles. The zero-order valence-electron chi connectivity index (χ0n) is 12.4. The number of guanidine groups is 1. The predicted octanol–water partition coefficient (Wildman–Crippen LogP) is 0.00370. The third kappa shape index (κ3) is 3.71. The first-order chi connectivity index (χ1) is 10.2. The highest BCUT2D eigenvalue weighted by atomic mass is 19.1. The summed E-state index contributed by atoms with van der Waals surface area (Å²) in [6.45, 7) is 1.66. The van der Waals surface area contributed by atoms with Crippen molar-refractivity contribution < 1.29 is 9.18 Å². The number of nitrogens with one attached hydrogen (secondary N) is 1. The van der Waals surface area contributed by atoms with E-state index in [4.69, 9.17) is 0 Å². The van der Waals surface area contributed by atoms with Crippen molar-refractivity contribution in [2.24, 2.45) is 12.0 Å². The molecule has 0 aliphatic carbocycles. The van der Waals surface area contributed by atoms with Gasteiger partial charge in [0.05, 0.1) is 18.6 Å². The van der Waals surface area contributed by atoms with Crippen molar-refractivity contribution in [3.8, 4) is 0 Å². The van der Waals surface area contributed by atoms with Gasteiger partial charge in [-0.3, -0.25) is 18.9 Å². The molecule has 2 heterocycles. The fourth-order valence-corrected chi connectivity index (χ4v) is 2.27. The van der Waals surface area contributed by atoms with Crippen LogP contribution in [0.2, 0.25) is 0 Å². The van der Waals surface area contributed by atoms with Crippen LogP contribution in [0.3, 0.4) is 0 Å². The van der Waals surface area contributed by atoms with Crippen LogP contribution >= 0.6 is 0 Å². The van der Waals surface area contributed by atoms with Gasteiger partial charge in [-0.1, -0.05) is 0 Å². The molecule has 1 N–H and O–H groups in total. The van der Waals surface area contributed by atoms with Crippen LogP contribution < -0.4 is 10.2 Å². The Kier molecular flexibility index (Phi) is 5.13. The van der Waals surface area contributed by atoms with Crippen LogP contribution in [-0.2, 0) is 11.8 Å². The van der Waals surface area contributed by atoms with Crippen LogP contribution in [0.15, 0.2) is 17.4 Å². The van der Waals surface area contributed by atoms with E-state index in [-0.39, 0.29) is 19.1 Å². The van der Waals surface area contributed by atoms with Gasteiger partial charge in [0.25, 0.3) is 0 Å². The maximum Gasteiger partial charge on any atom is 0.246 e. The molecular weight excluding hydrogens is 275 g/mol. The average molecular weight is 296 g/mol. The molecule has 1 aliphatic rings. The second kappa shape index (κ2) is 7.05. The first-order valence-electron chi connectivity index (χ1n) is 6.96. The standard InChI is InChI=1S/C13H21FN6O/c1-15-13(16-5-3-4-14)19-6-7-20(12(21)10-19)11-8-17-18(2)9-11/h8-9H,3-7,10H2,1-2H3,(H,15,16). The van der Waals surface area contributed by atoms with E-state index in [1.54, 1.807) is 22.8 Å². The van der Waals surface area contributed by atoms with Crippen molar-refractivity contribution in [1.82, 2.24) is 20.0 Å². The van der Waals surface area contributed by atoms with Crippen LogP contribution in [0.5, 0.6) is 0 Å². The van der Waals surface area contributed by atoms with Gasteiger partial charge in [0.15, 0.2) is 5.96 Å². The molecule has 0 radical (unpaired) electrons. The van der Waals surface area contributed by atoms with Crippen LogP contribution in [0, 0.1) is 0 Å². The number of amides is 1. The minimum Gasteiger partial charge on any atom is -0.356 e. The second-order valence-corrected chi connectivity index (χ2v) is 4.86. The molecule has 8 heteroatoms. The molecule has 1 amide bonds. The topological polar surface area (TPSA) is 65.8 Å². The van der Waals surface area contributed by atoms with Gasteiger partial charge < -0.3 is 15.1 Å². The monoisotopic (exact) mass is 296 g/mol. The van der Waals surface area contributed by atoms with Gasteiger partial charge >= 0.3 is 0 Å². The molecule has 21 heavy (non-hydrogen) atoms. The van der Waals surface area contributed by atoms with Gasteiger partial charge in [-0.15, -0.1) is 0 Å². The van der Waals surface area contributed by atoms with Crippen LogP contribution in [0.4, 0.5) is 10.1 Å². The van der Waals surface area contributed by atoms with Gasteiger partial charge in [-0.05, 0) is 6.42 Å². The molecule has 0 aromatic carbocycles. The molecule has 1 aromatic heterocycles. The summed E-state index contributed by atoms with van der Waals surface area (Å²) in [4.78, 5) is 20.0. The van der Waals surface area contributed by atoms with E-state index in [9.17, 15) is 9.18 Å². The van der Waals surface area contributed by atoms with E-state index < -0.39 is 0 Å². The minimum atomic E-state index is -0.363. The smallest absolute Gasteiger partial charge is 0.246 e. The Morgan fingerprint density at radius 3 is 2.90 bits per heavy atom. The maximum atomic E-state index is 12.3. The number of rotatable bonds is 4. The first kappa shape index (κ1) is 15.3. The van der Waals surface area contributed by atoms with E-state index in [0.29, 0.717) is 32.0 Å². The number of piperazine rings is 1. The lowest BCUT2D eigenvalue weighted by atomic mass is 10.3. The van der Waals surface area contributed by atoms with E-state index in [1.165, 1.54) is 0 Å². The van der Waals surface area contributed by atoms with E-state index in [0.717, 1.165) is 5.69 Å². The Hall–Kier alpha value is -2.12. The normalized spacial score (nSPS) is 16.5. The zero-order chi connectivity index (χ0) is 15.2. The summed E-state index contributed by atoms with van der Waals surface area (Å²) in [5.41, 5.74) is 0.808. The Labute approximate surface area is 123 Å². The van der Waals surface area contributed by atoms with Gasteiger partial charge in [-0.2, -0.15) is 5.10 Å². The van der Waals surface area contributed by atoms with Gasteiger partial charge in [0, 0.05) is 39.9 Å².